The summed E-state index contributed by atoms with van der Waals surface area (Å²) in [7, 11) is -1.24. The molecule has 0 bridgehead atoms. The van der Waals surface area contributed by atoms with E-state index in [1.54, 1.807) is 27.7 Å². The highest BCUT2D eigenvalue weighted by atomic mass is 16.5. The number of aliphatic hydroxyl groups is 1. The van der Waals surface area contributed by atoms with Crippen LogP contribution in [0.3, 0.4) is 0 Å². The zero-order chi connectivity index (χ0) is 17.8. The van der Waals surface area contributed by atoms with Gasteiger partial charge in [-0.1, -0.05) is 30.3 Å². The van der Waals surface area contributed by atoms with Gasteiger partial charge in [-0.2, -0.15) is 0 Å². The van der Waals surface area contributed by atoms with Crippen molar-refractivity contribution in [1.29, 1.82) is 0 Å². The molecule has 7 heteroatoms. The fourth-order valence-corrected chi connectivity index (χ4v) is 1.74. The molecular weight excluding hydrogens is 307 g/mol. The van der Waals surface area contributed by atoms with Gasteiger partial charge < -0.3 is 19.5 Å². The van der Waals surface area contributed by atoms with Crippen molar-refractivity contribution in [2.24, 2.45) is 0 Å². The van der Waals surface area contributed by atoms with E-state index in [0.717, 1.165) is 5.56 Å². The van der Waals surface area contributed by atoms with Crippen LogP contribution >= 0.6 is 0 Å². The summed E-state index contributed by atoms with van der Waals surface area (Å²) in [5.74, 6) is 0. The second-order valence-corrected chi connectivity index (χ2v) is 6.61. The average molecular weight is 330 g/mol. The third-order valence-corrected chi connectivity index (χ3v) is 4.02. The molecule has 0 saturated carbocycles. The van der Waals surface area contributed by atoms with Gasteiger partial charge in [0.1, 0.15) is 6.61 Å². The number of hydrogen-bond donors (Lipinski definition) is 2. The Labute approximate surface area is 142 Å². The lowest BCUT2D eigenvalue weighted by Crippen LogP contribution is -2.53. The number of benzene rings is 1. The number of nitrogens with zero attached hydrogens (tertiary/aromatic N) is 2. The Balaban J connectivity index is 1.96. The summed E-state index contributed by atoms with van der Waals surface area (Å²) in [6.45, 7) is 7.02. The van der Waals surface area contributed by atoms with Crippen LogP contribution in [0.5, 0.6) is 6.01 Å². The maximum Gasteiger partial charge on any atom is 0.494 e. The molecule has 2 rings (SSSR count). The lowest BCUT2D eigenvalue weighted by atomic mass is 9.78. The quantitative estimate of drug-likeness (QED) is 0.745. The maximum absolute atomic E-state index is 10.2. The monoisotopic (exact) mass is 330 g/mol. The molecule has 0 saturated heterocycles. The molecular formula is C17H23BN2O4. The Kier molecular flexibility index (Phi) is 5.59. The summed E-state index contributed by atoms with van der Waals surface area (Å²) in [5.41, 5.74) is -0.664. The molecule has 1 heterocycles. The summed E-state index contributed by atoms with van der Waals surface area (Å²) in [6, 6.07) is 9.92. The molecule has 0 atom stereocenters. The molecule has 0 aliphatic rings. The van der Waals surface area contributed by atoms with Gasteiger partial charge in [0, 0.05) is 17.9 Å². The molecule has 0 spiro atoms. The SMILES string of the molecule is CC(C)(O)C(C)(C)OB(O)c1cnc(OCc2ccccc2)nc1. The fraction of sp³-hybridized carbons (Fsp3) is 0.412. The minimum Gasteiger partial charge on any atom is -0.459 e. The third kappa shape index (κ3) is 4.77. The minimum atomic E-state index is -1.24. The molecule has 1 aromatic carbocycles. The Bertz CT molecular complexity index is 642. The lowest BCUT2D eigenvalue weighted by Gasteiger charge is -2.38. The first-order valence-electron chi connectivity index (χ1n) is 7.76. The van der Waals surface area contributed by atoms with Gasteiger partial charge in [-0.15, -0.1) is 0 Å². The van der Waals surface area contributed by atoms with Gasteiger partial charge in [0.15, 0.2) is 0 Å². The Morgan fingerprint density at radius 1 is 1.04 bits per heavy atom. The molecule has 0 fully saturated rings. The molecule has 0 aliphatic heterocycles. The topological polar surface area (TPSA) is 84.7 Å². The fourth-order valence-electron chi connectivity index (χ4n) is 1.74. The Morgan fingerprint density at radius 2 is 1.62 bits per heavy atom. The van der Waals surface area contributed by atoms with E-state index >= 15 is 0 Å². The predicted molar refractivity (Wildman–Crippen MR) is 91.9 cm³/mol. The molecule has 0 unspecified atom stereocenters. The van der Waals surface area contributed by atoms with E-state index in [-0.39, 0.29) is 6.01 Å². The zero-order valence-corrected chi connectivity index (χ0v) is 14.4. The van der Waals surface area contributed by atoms with Gasteiger partial charge in [-0.05, 0) is 33.3 Å². The van der Waals surface area contributed by atoms with E-state index < -0.39 is 18.3 Å². The first-order valence-corrected chi connectivity index (χ1v) is 7.76. The molecule has 128 valence electrons. The molecule has 0 amide bonds. The van der Waals surface area contributed by atoms with E-state index in [1.165, 1.54) is 12.4 Å². The van der Waals surface area contributed by atoms with E-state index in [9.17, 15) is 10.1 Å². The van der Waals surface area contributed by atoms with E-state index in [0.29, 0.717) is 12.1 Å². The van der Waals surface area contributed by atoms with Gasteiger partial charge in [0.05, 0.1) is 11.2 Å². The summed E-state index contributed by atoms with van der Waals surface area (Å²) >= 11 is 0. The highest BCUT2D eigenvalue weighted by Crippen LogP contribution is 2.25. The van der Waals surface area contributed by atoms with Crippen molar-refractivity contribution in [2.45, 2.75) is 45.5 Å². The Morgan fingerprint density at radius 3 is 2.17 bits per heavy atom. The van der Waals surface area contributed by atoms with Crippen LogP contribution < -0.4 is 10.2 Å². The van der Waals surface area contributed by atoms with Crippen molar-refractivity contribution in [3.8, 4) is 6.01 Å². The van der Waals surface area contributed by atoms with E-state index in [2.05, 4.69) is 9.97 Å². The summed E-state index contributed by atoms with van der Waals surface area (Å²) < 4.78 is 11.0. The van der Waals surface area contributed by atoms with Crippen molar-refractivity contribution >= 4 is 12.6 Å². The average Bonchev–Trinajstić information content (AvgIpc) is 2.53. The van der Waals surface area contributed by atoms with Crippen LogP contribution in [-0.4, -0.2) is 38.4 Å². The predicted octanol–water partition coefficient (Wildman–Crippen LogP) is 1.31. The smallest absolute Gasteiger partial charge is 0.459 e. The van der Waals surface area contributed by atoms with Gasteiger partial charge in [-0.25, -0.2) is 9.97 Å². The summed E-state index contributed by atoms with van der Waals surface area (Å²) in [5, 5.41) is 20.2. The largest absolute Gasteiger partial charge is 0.494 e. The van der Waals surface area contributed by atoms with Crippen LogP contribution in [0.4, 0.5) is 0 Å². The molecule has 2 aromatic rings. The van der Waals surface area contributed by atoms with Crippen LogP contribution in [0.25, 0.3) is 0 Å². The molecule has 24 heavy (non-hydrogen) atoms. The second kappa shape index (κ2) is 7.30. The van der Waals surface area contributed by atoms with Gasteiger partial charge in [0.25, 0.3) is 0 Å². The lowest BCUT2D eigenvalue weighted by molar-refractivity contribution is -0.0982. The van der Waals surface area contributed by atoms with Crippen LogP contribution in [0, 0.1) is 0 Å². The number of aromatic nitrogens is 2. The molecule has 0 aliphatic carbocycles. The van der Waals surface area contributed by atoms with Crippen molar-refractivity contribution in [3.05, 3.63) is 48.3 Å². The van der Waals surface area contributed by atoms with Gasteiger partial charge >= 0.3 is 13.1 Å². The number of rotatable bonds is 7. The van der Waals surface area contributed by atoms with Crippen LogP contribution in [0.2, 0.25) is 0 Å². The zero-order valence-electron chi connectivity index (χ0n) is 14.4. The van der Waals surface area contributed by atoms with Gasteiger partial charge in [-0.3, -0.25) is 0 Å². The first-order chi connectivity index (χ1) is 11.2. The number of hydrogen-bond acceptors (Lipinski definition) is 6. The molecule has 2 N–H and O–H groups in total. The molecule has 0 radical (unpaired) electrons. The maximum atomic E-state index is 10.2. The van der Waals surface area contributed by atoms with Crippen molar-refractivity contribution in [3.63, 3.8) is 0 Å². The normalized spacial score (nSPS) is 12.1. The van der Waals surface area contributed by atoms with Crippen LogP contribution in [0.15, 0.2) is 42.7 Å². The first kappa shape index (κ1) is 18.4. The minimum absolute atomic E-state index is 0.219. The summed E-state index contributed by atoms with van der Waals surface area (Å²) in [6.07, 6.45) is 2.89. The van der Waals surface area contributed by atoms with Crippen molar-refractivity contribution in [2.75, 3.05) is 0 Å². The molecule has 6 nitrogen and oxygen atoms in total. The number of ether oxygens (including phenoxy) is 1. The van der Waals surface area contributed by atoms with E-state index in [1.807, 2.05) is 30.3 Å². The van der Waals surface area contributed by atoms with Gasteiger partial charge in [0.2, 0.25) is 0 Å². The summed E-state index contributed by atoms with van der Waals surface area (Å²) in [4.78, 5) is 8.14. The Hall–Kier alpha value is -1.96. The highest BCUT2D eigenvalue weighted by Gasteiger charge is 2.39. The highest BCUT2D eigenvalue weighted by molar-refractivity contribution is 6.59. The van der Waals surface area contributed by atoms with Crippen LogP contribution in [0.1, 0.15) is 33.3 Å². The standard InChI is InChI=1S/C17H23BN2O4/c1-16(2,21)17(3,4)24-18(22)14-10-19-15(20-11-14)23-12-13-8-6-5-7-9-13/h5-11,21-22H,12H2,1-4H3. The van der Waals surface area contributed by atoms with E-state index in [4.69, 9.17) is 9.39 Å². The second-order valence-electron chi connectivity index (χ2n) is 6.61. The van der Waals surface area contributed by atoms with Crippen molar-refractivity contribution < 1.29 is 19.5 Å². The van der Waals surface area contributed by atoms with Crippen LogP contribution in [-0.2, 0) is 11.3 Å². The van der Waals surface area contributed by atoms with Crippen molar-refractivity contribution in [1.82, 2.24) is 9.97 Å². The third-order valence-electron chi connectivity index (χ3n) is 4.02. The molecule has 1 aromatic heterocycles.